The number of hydrogen-bond acceptors (Lipinski definition) is 3. The molecular formula is C21H21LaO3. The first-order chi connectivity index (χ1) is 11.8. The molecule has 0 aliphatic heterocycles. The molecule has 3 aromatic carbocycles. The second kappa shape index (κ2) is 15.8. The summed E-state index contributed by atoms with van der Waals surface area (Å²) in [4.78, 5) is 0. The Balaban J connectivity index is 0.000000339. The van der Waals surface area contributed by atoms with Crippen LogP contribution in [0.4, 0.5) is 0 Å². The molecule has 4 heteroatoms. The van der Waals surface area contributed by atoms with Gasteiger partial charge in [0.25, 0.3) is 0 Å². The van der Waals surface area contributed by atoms with Crippen LogP contribution in [0.25, 0.3) is 0 Å². The number of methoxy groups -OCH3 is 3. The fourth-order valence-corrected chi connectivity index (χ4v) is 1.52. The van der Waals surface area contributed by atoms with Gasteiger partial charge < -0.3 is 14.2 Å². The molecule has 0 spiro atoms. The van der Waals surface area contributed by atoms with Gasteiger partial charge in [-0.1, -0.05) is 0 Å². The SMILES string of the molecule is COc1cc[c-]cc1.COc1cc[c-]cc1.COc1cc[c-]cc1.[La+3]. The van der Waals surface area contributed by atoms with Crippen molar-refractivity contribution >= 4 is 0 Å². The summed E-state index contributed by atoms with van der Waals surface area (Å²) in [6, 6.07) is 30.7. The van der Waals surface area contributed by atoms with Crippen molar-refractivity contribution in [2.24, 2.45) is 0 Å². The number of benzene rings is 3. The van der Waals surface area contributed by atoms with E-state index < -0.39 is 0 Å². The van der Waals surface area contributed by atoms with Crippen molar-refractivity contribution < 1.29 is 49.8 Å². The zero-order chi connectivity index (χ0) is 17.5. The molecule has 0 heterocycles. The summed E-state index contributed by atoms with van der Waals surface area (Å²) in [7, 11) is 4.94. The van der Waals surface area contributed by atoms with Crippen molar-refractivity contribution in [3.05, 3.63) is 91.0 Å². The van der Waals surface area contributed by atoms with Crippen molar-refractivity contribution in [2.45, 2.75) is 0 Å². The quantitative estimate of drug-likeness (QED) is 0.540. The molecule has 0 fully saturated rings. The van der Waals surface area contributed by atoms with Crippen molar-refractivity contribution in [3.63, 3.8) is 0 Å². The minimum atomic E-state index is 0. The van der Waals surface area contributed by atoms with Gasteiger partial charge in [-0.25, -0.2) is 0 Å². The molecule has 0 radical (unpaired) electrons. The van der Waals surface area contributed by atoms with Crippen LogP contribution < -0.4 is 14.2 Å². The smallest absolute Gasteiger partial charge is 0.522 e. The molecule has 3 aromatic rings. The van der Waals surface area contributed by atoms with Gasteiger partial charge in [-0.2, -0.15) is 54.6 Å². The van der Waals surface area contributed by atoms with Gasteiger partial charge in [-0.3, -0.25) is 0 Å². The Morgan fingerprint density at radius 3 is 0.800 bits per heavy atom. The molecule has 0 N–H and O–H groups in total. The van der Waals surface area contributed by atoms with Crippen LogP contribution in [0.3, 0.4) is 0 Å². The third-order valence-corrected chi connectivity index (χ3v) is 2.77. The zero-order valence-corrected chi connectivity index (χ0v) is 18.4. The second-order valence-electron chi connectivity index (χ2n) is 4.32. The van der Waals surface area contributed by atoms with Crippen LogP contribution >= 0.6 is 0 Å². The van der Waals surface area contributed by atoms with Crippen LogP contribution in [0.2, 0.25) is 0 Å². The van der Waals surface area contributed by atoms with Gasteiger partial charge in [0.15, 0.2) is 0 Å². The first-order valence-electron chi connectivity index (χ1n) is 7.30. The minimum Gasteiger partial charge on any atom is -0.522 e. The fraction of sp³-hybridized carbons (Fsp3) is 0.143. The van der Waals surface area contributed by atoms with Crippen molar-refractivity contribution in [1.29, 1.82) is 0 Å². The summed E-state index contributed by atoms with van der Waals surface area (Å²) in [6.07, 6.45) is 0. The zero-order valence-electron chi connectivity index (χ0n) is 14.7. The Hall–Kier alpha value is -1.75. The molecule has 0 aromatic heterocycles. The summed E-state index contributed by atoms with van der Waals surface area (Å²) in [5, 5.41) is 0. The molecule has 0 aliphatic rings. The van der Waals surface area contributed by atoms with Crippen molar-refractivity contribution in [2.75, 3.05) is 21.3 Å². The van der Waals surface area contributed by atoms with E-state index in [1.165, 1.54) is 0 Å². The normalized spacial score (nSPS) is 8.28. The molecule has 3 rings (SSSR count). The number of hydrogen-bond donors (Lipinski definition) is 0. The van der Waals surface area contributed by atoms with Gasteiger partial charge in [-0.15, -0.1) is 36.4 Å². The molecule has 3 nitrogen and oxygen atoms in total. The third-order valence-electron chi connectivity index (χ3n) is 2.77. The minimum absolute atomic E-state index is 0. The topological polar surface area (TPSA) is 27.7 Å². The molecule has 0 unspecified atom stereocenters. The van der Waals surface area contributed by atoms with E-state index in [1.807, 2.05) is 72.8 Å². The fourth-order valence-electron chi connectivity index (χ4n) is 1.52. The first-order valence-corrected chi connectivity index (χ1v) is 7.30. The Morgan fingerprint density at radius 2 is 0.680 bits per heavy atom. The third kappa shape index (κ3) is 11.4. The Morgan fingerprint density at radius 1 is 0.480 bits per heavy atom. The van der Waals surface area contributed by atoms with E-state index in [9.17, 15) is 0 Å². The van der Waals surface area contributed by atoms with Gasteiger partial charge in [0.05, 0.1) is 21.3 Å². The predicted molar refractivity (Wildman–Crippen MR) is 95.5 cm³/mol. The van der Waals surface area contributed by atoms with Crippen LogP contribution in [0, 0.1) is 53.8 Å². The van der Waals surface area contributed by atoms with Crippen LogP contribution in [0.15, 0.2) is 72.8 Å². The van der Waals surface area contributed by atoms with E-state index in [2.05, 4.69) is 18.2 Å². The molecule has 0 atom stereocenters. The van der Waals surface area contributed by atoms with Gasteiger partial charge in [-0.05, 0) is 0 Å². The summed E-state index contributed by atoms with van der Waals surface area (Å²) < 4.78 is 14.7. The summed E-state index contributed by atoms with van der Waals surface area (Å²) in [6.45, 7) is 0. The predicted octanol–water partition coefficient (Wildman–Crippen LogP) is 4.49. The maximum absolute atomic E-state index is 4.89. The molecule has 25 heavy (non-hydrogen) atoms. The van der Waals surface area contributed by atoms with Crippen LogP contribution in [-0.2, 0) is 0 Å². The largest absolute Gasteiger partial charge is 3.00 e. The molecule has 126 valence electrons. The average Bonchev–Trinajstić information content (AvgIpc) is 2.71. The van der Waals surface area contributed by atoms with Crippen molar-refractivity contribution in [1.82, 2.24) is 0 Å². The van der Waals surface area contributed by atoms with Crippen LogP contribution in [-0.4, -0.2) is 21.3 Å². The monoisotopic (exact) mass is 460 g/mol. The van der Waals surface area contributed by atoms with E-state index >= 15 is 0 Å². The van der Waals surface area contributed by atoms with E-state index in [0.717, 1.165) is 17.2 Å². The standard InChI is InChI=1S/3C7H7O.La/c3*1-8-7-5-3-2-4-6-7;/h3*3-6H,1H3;/q3*-1;+3. The van der Waals surface area contributed by atoms with E-state index in [0.29, 0.717) is 0 Å². The Labute approximate surface area is 178 Å². The maximum Gasteiger partial charge on any atom is 3.00 e. The maximum atomic E-state index is 4.89. The molecule has 0 saturated carbocycles. The summed E-state index contributed by atoms with van der Waals surface area (Å²) in [5.41, 5.74) is 0. The summed E-state index contributed by atoms with van der Waals surface area (Å²) >= 11 is 0. The van der Waals surface area contributed by atoms with Gasteiger partial charge >= 0.3 is 35.6 Å². The molecular weight excluding hydrogens is 439 g/mol. The van der Waals surface area contributed by atoms with Gasteiger partial charge in [0.2, 0.25) is 0 Å². The first kappa shape index (κ1) is 23.3. The summed E-state index contributed by atoms with van der Waals surface area (Å²) in [5.74, 6) is 2.64. The van der Waals surface area contributed by atoms with Crippen LogP contribution in [0.1, 0.15) is 0 Å². The van der Waals surface area contributed by atoms with Gasteiger partial charge in [0.1, 0.15) is 0 Å². The van der Waals surface area contributed by atoms with E-state index in [4.69, 9.17) is 14.2 Å². The number of rotatable bonds is 3. The van der Waals surface area contributed by atoms with E-state index in [-0.39, 0.29) is 35.6 Å². The average molecular weight is 460 g/mol. The van der Waals surface area contributed by atoms with E-state index in [1.54, 1.807) is 21.3 Å². The Bertz CT molecular complexity index is 537. The molecule has 0 bridgehead atoms. The molecule has 0 aliphatic carbocycles. The second-order valence-corrected chi connectivity index (χ2v) is 4.32. The van der Waals surface area contributed by atoms with Crippen molar-refractivity contribution in [3.8, 4) is 17.2 Å². The van der Waals surface area contributed by atoms with Crippen LogP contribution in [0.5, 0.6) is 17.2 Å². The van der Waals surface area contributed by atoms with Gasteiger partial charge in [0, 0.05) is 17.2 Å². The Kier molecular flexibility index (Phi) is 14.7. The number of ether oxygens (including phenoxy) is 3. The molecule has 0 amide bonds. The molecule has 0 saturated heterocycles.